The van der Waals surface area contributed by atoms with E-state index in [9.17, 15) is 4.79 Å². The molecule has 0 aliphatic carbocycles. The zero-order valence-electron chi connectivity index (χ0n) is 18.6. The number of carbonyl (C=O) groups is 1. The first-order valence-electron chi connectivity index (χ1n) is 10.7. The molecule has 0 radical (unpaired) electrons. The second kappa shape index (κ2) is 10.3. The SMILES string of the molecule is CCc1ccc(C(CNC(=O)N2CCN(c3ccccc3OC)CC2)N(C)C)cc1. The van der Waals surface area contributed by atoms with Gasteiger partial charge >= 0.3 is 6.03 Å². The molecule has 1 aliphatic rings. The summed E-state index contributed by atoms with van der Waals surface area (Å²) in [7, 11) is 5.80. The van der Waals surface area contributed by atoms with Crippen LogP contribution in [0.5, 0.6) is 5.75 Å². The zero-order valence-corrected chi connectivity index (χ0v) is 18.6. The van der Waals surface area contributed by atoms with E-state index < -0.39 is 0 Å². The van der Waals surface area contributed by atoms with Crippen LogP contribution in [-0.2, 0) is 6.42 Å². The summed E-state index contributed by atoms with van der Waals surface area (Å²) < 4.78 is 5.48. The average Bonchev–Trinajstić information content (AvgIpc) is 2.79. The predicted molar refractivity (Wildman–Crippen MR) is 122 cm³/mol. The van der Waals surface area contributed by atoms with E-state index in [1.54, 1.807) is 7.11 Å². The highest BCUT2D eigenvalue weighted by Crippen LogP contribution is 2.28. The van der Waals surface area contributed by atoms with Crippen LogP contribution in [0.2, 0.25) is 0 Å². The minimum absolute atomic E-state index is 0.00621. The predicted octanol–water partition coefficient (Wildman–Crippen LogP) is 3.39. The topological polar surface area (TPSA) is 48.1 Å². The van der Waals surface area contributed by atoms with Gasteiger partial charge in [0.15, 0.2) is 0 Å². The molecule has 0 spiro atoms. The summed E-state index contributed by atoms with van der Waals surface area (Å²) in [6.07, 6.45) is 1.03. The Morgan fingerprint density at radius 2 is 1.73 bits per heavy atom. The van der Waals surface area contributed by atoms with Gasteiger partial charge in [-0.1, -0.05) is 43.3 Å². The number of amides is 2. The van der Waals surface area contributed by atoms with Crippen molar-refractivity contribution in [2.24, 2.45) is 0 Å². The lowest BCUT2D eigenvalue weighted by Crippen LogP contribution is -2.52. The number of urea groups is 1. The summed E-state index contributed by atoms with van der Waals surface area (Å²) in [4.78, 5) is 19.1. The number of rotatable bonds is 7. The molecule has 1 fully saturated rings. The van der Waals surface area contributed by atoms with Crippen molar-refractivity contribution in [2.45, 2.75) is 19.4 Å². The van der Waals surface area contributed by atoms with E-state index in [0.717, 1.165) is 30.9 Å². The number of hydrogen-bond donors (Lipinski definition) is 1. The number of methoxy groups -OCH3 is 1. The summed E-state index contributed by atoms with van der Waals surface area (Å²) in [5.74, 6) is 0.873. The molecule has 2 aromatic carbocycles. The molecule has 1 heterocycles. The summed E-state index contributed by atoms with van der Waals surface area (Å²) in [5, 5.41) is 3.14. The van der Waals surface area contributed by atoms with E-state index in [1.807, 2.05) is 23.1 Å². The molecular formula is C24H34N4O2. The van der Waals surface area contributed by atoms with Gasteiger partial charge in [-0.05, 0) is 43.8 Å². The summed E-state index contributed by atoms with van der Waals surface area (Å²) in [5.41, 5.74) is 3.63. The summed E-state index contributed by atoms with van der Waals surface area (Å²) >= 11 is 0. The summed E-state index contributed by atoms with van der Waals surface area (Å²) in [6, 6.07) is 16.9. The zero-order chi connectivity index (χ0) is 21.5. The second-order valence-electron chi connectivity index (χ2n) is 7.91. The maximum Gasteiger partial charge on any atom is 0.317 e. The molecule has 2 aromatic rings. The molecule has 30 heavy (non-hydrogen) atoms. The van der Waals surface area contributed by atoms with E-state index in [0.29, 0.717) is 19.6 Å². The normalized spacial score (nSPS) is 15.2. The van der Waals surface area contributed by atoms with Crippen LogP contribution in [0.25, 0.3) is 0 Å². The number of nitrogens with zero attached hydrogens (tertiary/aromatic N) is 3. The molecular weight excluding hydrogens is 376 g/mol. The number of aryl methyl sites for hydroxylation is 1. The Bertz CT molecular complexity index is 814. The second-order valence-corrected chi connectivity index (χ2v) is 7.91. The number of ether oxygens (including phenoxy) is 1. The molecule has 0 bridgehead atoms. The van der Waals surface area contributed by atoms with Gasteiger partial charge in [0.05, 0.1) is 18.8 Å². The number of piperazine rings is 1. The first kappa shape index (κ1) is 22.0. The Kier molecular flexibility index (Phi) is 7.57. The van der Waals surface area contributed by atoms with Gasteiger partial charge in [-0.3, -0.25) is 0 Å². The maximum absolute atomic E-state index is 12.8. The van der Waals surface area contributed by atoms with Crippen LogP contribution >= 0.6 is 0 Å². The lowest BCUT2D eigenvalue weighted by atomic mass is 10.0. The van der Waals surface area contributed by atoms with Crippen molar-refractivity contribution in [1.82, 2.24) is 15.1 Å². The molecule has 2 amide bonds. The van der Waals surface area contributed by atoms with Crippen LogP contribution in [0.3, 0.4) is 0 Å². The summed E-state index contributed by atoms with van der Waals surface area (Å²) in [6.45, 7) is 5.73. The van der Waals surface area contributed by atoms with E-state index in [-0.39, 0.29) is 12.1 Å². The van der Waals surface area contributed by atoms with Crippen molar-refractivity contribution in [2.75, 3.05) is 58.8 Å². The highest BCUT2D eigenvalue weighted by molar-refractivity contribution is 5.74. The van der Waals surface area contributed by atoms with Gasteiger partial charge in [0.25, 0.3) is 0 Å². The third kappa shape index (κ3) is 5.25. The molecule has 162 valence electrons. The number of carbonyl (C=O) groups excluding carboxylic acids is 1. The van der Waals surface area contributed by atoms with Crippen molar-refractivity contribution < 1.29 is 9.53 Å². The fraction of sp³-hybridized carbons (Fsp3) is 0.458. The molecule has 6 nitrogen and oxygen atoms in total. The van der Waals surface area contributed by atoms with Gasteiger partial charge < -0.3 is 24.8 Å². The molecule has 3 rings (SSSR count). The Morgan fingerprint density at radius 3 is 2.33 bits per heavy atom. The molecule has 0 saturated carbocycles. The molecule has 1 aliphatic heterocycles. The van der Waals surface area contributed by atoms with Crippen LogP contribution in [0.4, 0.5) is 10.5 Å². The number of para-hydroxylation sites is 2. The third-order valence-electron chi connectivity index (χ3n) is 5.84. The number of nitrogens with one attached hydrogen (secondary N) is 1. The van der Waals surface area contributed by atoms with Gasteiger partial charge in [0.2, 0.25) is 0 Å². The maximum atomic E-state index is 12.8. The Hall–Kier alpha value is -2.73. The Balaban J connectivity index is 1.54. The van der Waals surface area contributed by atoms with Gasteiger partial charge in [-0.25, -0.2) is 4.79 Å². The van der Waals surface area contributed by atoms with Crippen LogP contribution in [0.15, 0.2) is 48.5 Å². The van der Waals surface area contributed by atoms with Gasteiger partial charge in [-0.15, -0.1) is 0 Å². The van der Waals surface area contributed by atoms with E-state index >= 15 is 0 Å². The standard InChI is InChI=1S/C24H34N4O2/c1-5-19-10-12-20(13-11-19)22(26(2)3)18-25-24(29)28-16-14-27(15-17-28)21-8-6-7-9-23(21)30-4/h6-13,22H,5,14-18H2,1-4H3,(H,25,29). The number of anilines is 1. The third-order valence-corrected chi connectivity index (χ3v) is 5.84. The molecule has 1 saturated heterocycles. The highest BCUT2D eigenvalue weighted by Gasteiger charge is 2.24. The largest absolute Gasteiger partial charge is 0.495 e. The quantitative estimate of drug-likeness (QED) is 0.760. The first-order chi connectivity index (χ1) is 14.5. The molecule has 1 atom stereocenters. The lowest BCUT2D eigenvalue weighted by molar-refractivity contribution is 0.189. The molecule has 6 heteroatoms. The fourth-order valence-corrected chi connectivity index (χ4v) is 3.91. The van der Waals surface area contributed by atoms with Crippen molar-refractivity contribution in [3.63, 3.8) is 0 Å². The van der Waals surface area contributed by atoms with Crippen molar-refractivity contribution >= 4 is 11.7 Å². The Morgan fingerprint density at radius 1 is 1.07 bits per heavy atom. The molecule has 1 unspecified atom stereocenters. The van der Waals surface area contributed by atoms with E-state index in [2.05, 4.69) is 66.5 Å². The van der Waals surface area contributed by atoms with E-state index in [1.165, 1.54) is 11.1 Å². The fourth-order valence-electron chi connectivity index (χ4n) is 3.91. The minimum Gasteiger partial charge on any atom is -0.495 e. The van der Waals surface area contributed by atoms with Gasteiger partial charge in [0, 0.05) is 32.7 Å². The van der Waals surface area contributed by atoms with Crippen LogP contribution in [-0.4, -0.2) is 69.8 Å². The monoisotopic (exact) mass is 410 g/mol. The van der Waals surface area contributed by atoms with Crippen LogP contribution < -0.4 is 15.0 Å². The lowest BCUT2D eigenvalue weighted by Gasteiger charge is -2.37. The minimum atomic E-state index is 0.00621. The number of benzene rings is 2. The number of likely N-dealkylation sites (N-methyl/N-ethyl adjacent to an activating group) is 1. The highest BCUT2D eigenvalue weighted by atomic mass is 16.5. The molecule has 0 aromatic heterocycles. The molecule has 1 N–H and O–H groups in total. The first-order valence-corrected chi connectivity index (χ1v) is 10.7. The van der Waals surface area contributed by atoms with Gasteiger partial charge in [-0.2, -0.15) is 0 Å². The number of hydrogen-bond acceptors (Lipinski definition) is 4. The van der Waals surface area contributed by atoms with Crippen LogP contribution in [0.1, 0.15) is 24.1 Å². The van der Waals surface area contributed by atoms with Crippen molar-refractivity contribution in [3.8, 4) is 5.75 Å². The van der Waals surface area contributed by atoms with E-state index in [4.69, 9.17) is 4.74 Å². The average molecular weight is 411 g/mol. The van der Waals surface area contributed by atoms with Gasteiger partial charge in [0.1, 0.15) is 5.75 Å². The van der Waals surface area contributed by atoms with Crippen LogP contribution in [0, 0.1) is 0 Å². The van der Waals surface area contributed by atoms with Crippen molar-refractivity contribution in [3.05, 3.63) is 59.7 Å². The smallest absolute Gasteiger partial charge is 0.317 e. The van der Waals surface area contributed by atoms with Crippen molar-refractivity contribution in [1.29, 1.82) is 0 Å². The Labute approximate surface area is 180 Å².